The van der Waals surface area contributed by atoms with Crippen LogP contribution in [0.4, 0.5) is 0 Å². The highest BCUT2D eigenvalue weighted by atomic mass is 31.2. The number of nitrogens with one attached hydrogen (secondary N) is 2. The fourth-order valence-corrected chi connectivity index (χ4v) is 3.51. The molecule has 0 radical (unpaired) electrons. The minimum absolute atomic E-state index is 0.0532. The van der Waals surface area contributed by atoms with E-state index in [1.807, 2.05) is 42.5 Å². The van der Waals surface area contributed by atoms with Crippen molar-refractivity contribution in [2.45, 2.75) is 13.0 Å². The number of allylic oxidation sites excluding steroid dienone is 2. The van der Waals surface area contributed by atoms with Crippen LogP contribution in [0.2, 0.25) is 0 Å². The molecular weight excluding hydrogens is 447 g/mol. The van der Waals surface area contributed by atoms with E-state index in [9.17, 15) is 4.57 Å². The van der Waals surface area contributed by atoms with E-state index in [1.54, 1.807) is 24.4 Å². The van der Waals surface area contributed by atoms with Crippen molar-refractivity contribution < 1.29 is 28.5 Å². The minimum atomic E-state index is -4.62. The van der Waals surface area contributed by atoms with Crippen LogP contribution in [0.5, 0.6) is 5.88 Å². The van der Waals surface area contributed by atoms with E-state index in [1.165, 1.54) is 4.90 Å². The van der Waals surface area contributed by atoms with Crippen molar-refractivity contribution in [3.8, 4) is 5.88 Å². The van der Waals surface area contributed by atoms with Gasteiger partial charge in [-0.15, -0.1) is 0 Å². The molecule has 2 aliphatic rings. The second-order valence-corrected chi connectivity index (χ2v) is 8.56. The molecule has 33 heavy (non-hydrogen) atoms. The number of aromatic nitrogens is 1. The Morgan fingerprint density at radius 3 is 2.70 bits per heavy atom. The summed E-state index contributed by atoms with van der Waals surface area (Å²) in [5.74, 6) is 1.08. The molecule has 0 aliphatic carbocycles. The summed E-state index contributed by atoms with van der Waals surface area (Å²) >= 11 is 0. The van der Waals surface area contributed by atoms with Crippen LogP contribution in [0.3, 0.4) is 0 Å². The van der Waals surface area contributed by atoms with Gasteiger partial charge in [0.05, 0.1) is 11.3 Å². The van der Waals surface area contributed by atoms with Crippen molar-refractivity contribution in [2.75, 3.05) is 13.3 Å². The Bertz CT molecular complexity index is 1140. The number of hydrogen-bond donors (Lipinski definition) is 4. The van der Waals surface area contributed by atoms with Gasteiger partial charge in [0.25, 0.3) is 0 Å². The normalized spacial score (nSPS) is 18.1. The monoisotopic (exact) mass is 470 g/mol. The largest absolute Gasteiger partial charge is 0.473 e. The third-order valence-electron chi connectivity index (χ3n) is 4.87. The number of benzene rings is 1. The van der Waals surface area contributed by atoms with Crippen molar-refractivity contribution in [3.05, 3.63) is 95.0 Å². The maximum atomic E-state index is 10.9. The number of amidine groups is 1. The number of phosphoric ester groups is 1. The third-order valence-corrected chi connectivity index (χ3v) is 5.32. The summed E-state index contributed by atoms with van der Waals surface area (Å²) in [5.41, 5.74) is 6.27. The number of hydrogen-bond acceptors (Lipinski definition) is 7. The van der Waals surface area contributed by atoms with Crippen LogP contribution in [-0.2, 0) is 27.0 Å². The molecule has 1 aromatic carbocycles. The van der Waals surface area contributed by atoms with Gasteiger partial charge in [-0.2, -0.15) is 0 Å². The Hall–Kier alpha value is -3.43. The Morgan fingerprint density at radius 1 is 1.18 bits per heavy atom. The summed E-state index contributed by atoms with van der Waals surface area (Å²) in [6.07, 6.45) is 7.60. The fraction of sp³-hybridized carbons (Fsp3) is 0.182. The molecule has 0 spiro atoms. The van der Waals surface area contributed by atoms with E-state index >= 15 is 0 Å². The van der Waals surface area contributed by atoms with Crippen LogP contribution in [0.25, 0.3) is 0 Å². The van der Waals surface area contributed by atoms with E-state index in [2.05, 4.69) is 15.0 Å². The SMILES string of the molecule is N=C1C(=C2C=C(Cc3ccc(COc4ccccn4)cc3)NO2)C=CCN1COP(=O)(O)O. The number of hydroxylamine groups is 1. The van der Waals surface area contributed by atoms with Crippen LogP contribution in [-0.4, -0.2) is 38.8 Å². The molecule has 0 fully saturated rings. The molecular formula is C22H23N4O6P. The topological polar surface area (TPSA) is 137 Å². The molecule has 1 aromatic heterocycles. The maximum Gasteiger partial charge on any atom is 0.471 e. The Kier molecular flexibility index (Phi) is 6.90. The number of ether oxygens (including phenoxy) is 1. The van der Waals surface area contributed by atoms with Gasteiger partial charge in [-0.1, -0.05) is 36.4 Å². The summed E-state index contributed by atoms with van der Waals surface area (Å²) in [6, 6.07) is 13.5. The fourth-order valence-electron chi connectivity index (χ4n) is 3.22. The Balaban J connectivity index is 1.37. The zero-order valence-corrected chi connectivity index (χ0v) is 18.4. The molecule has 0 amide bonds. The lowest BCUT2D eigenvalue weighted by molar-refractivity contribution is 0.138. The summed E-state index contributed by atoms with van der Waals surface area (Å²) in [4.78, 5) is 28.9. The zero-order valence-electron chi connectivity index (χ0n) is 17.5. The molecule has 0 saturated heterocycles. The lowest BCUT2D eigenvalue weighted by atomic mass is 10.1. The van der Waals surface area contributed by atoms with E-state index in [0.29, 0.717) is 36.8 Å². The van der Waals surface area contributed by atoms with Crippen molar-refractivity contribution in [1.82, 2.24) is 15.4 Å². The van der Waals surface area contributed by atoms with Gasteiger partial charge in [-0.3, -0.25) is 9.93 Å². The molecule has 172 valence electrons. The highest BCUT2D eigenvalue weighted by Crippen LogP contribution is 2.36. The summed E-state index contributed by atoms with van der Waals surface area (Å²) in [5, 5.41) is 8.32. The Labute approximate surface area is 190 Å². The molecule has 3 heterocycles. The van der Waals surface area contributed by atoms with Crippen LogP contribution in [0, 0.1) is 5.41 Å². The van der Waals surface area contributed by atoms with Gasteiger partial charge in [0, 0.05) is 31.3 Å². The van der Waals surface area contributed by atoms with E-state index < -0.39 is 14.6 Å². The minimum Gasteiger partial charge on any atom is -0.473 e. The first-order chi connectivity index (χ1) is 15.9. The van der Waals surface area contributed by atoms with E-state index in [-0.39, 0.29) is 5.84 Å². The molecule has 2 aliphatic heterocycles. The van der Waals surface area contributed by atoms with Crippen LogP contribution >= 0.6 is 7.82 Å². The number of phosphoric acid groups is 1. The highest BCUT2D eigenvalue weighted by molar-refractivity contribution is 7.46. The first-order valence-corrected chi connectivity index (χ1v) is 11.6. The molecule has 10 nitrogen and oxygen atoms in total. The highest BCUT2D eigenvalue weighted by Gasteiger charge is 2.25. The number of rotatable bonds is 8. The molecule has 11 heteroatoms. The second kappa shape index (κ2) is 10.0. The van der Waals surface area contributed by atoms with E-state index in [0.717, 1.165) is 16.8 Å². The lowest BCUT2D eigenvalue weighted by Crippen LogP contribution is -2.36. The van der Waals surface area contributed by atoms with Crippen molar-refractivity contribution in [2.24, 2.45) is 0 Å². The smallest absolute Gasteiger partial charge is 0.471 e. The summed E-state index contributed by atoms with van der Waals surface area (Å²) < 4.78 is 21.1. The van der Waals surface area contributed by atoms with E-state index in [4.69, 9.17) is 24.8 Å². The van der Waals surface area contributed by atoms with Crippen LogP contribution in [0.15, 0.2) is 83.9 Å². The predicted octanol–water partition coefficient (Wildman–Crippen LogP) is 2.79. The summed E-state index contributed by atoms with van der Waals surface area (Å²) in [6.45, 7) is 0.328. The zero-order chi connectivity index (χ0) is 23.3. The molecule has 0 bridgehead atoms. The molecule has 4 N–H and O–H groups in total. The standard InChI is InChI=1S/C22H23N4O6P/c23-22-19(4-3-11-26(22)15-31-33(27,28)29)20-13-18(25-32-20)12-16-6-8-17(9-7-16)14-30-21-5-1-2-10-24-21/h1-10,13,23,25H,11-12,14-15H2,(H2,27,28,29). The summed E-state index contributed by atoms with van der Waals surface area (Å²) in [7, 11) is -4.62. The molecule has 0 unspecified atom stereocenters. The van der Waals surface area contributed by atoms with Crippen LogP contribution in [0.1, 0.15) is 11.1 Å². The van der Waals surface area contributed by atoms with Gasteiger partial charge < -0.3 is 24.3 Å². The number of nitrogens with zero attached hydrogens (tertiary/aromatic N) is 2. The molecule has 2 aromatic rings. The van der Waals surface area contributed by atoms with Gasteiger partial charge in [-0.05, 0) is 23.3 Å². The average Bonchev–Trinajstić information content (AvgIpc) is 3.26. The first-order valence-electron chi connectivity index (χ1n) is 10.1. The van der Waals surface area contributed by atoms with Gasteiger partial charge in [-0.25, -0.2) is 15.0 Å². The van der Waals surface area contributed by atoms with Gasteiger partial charge >= 0.3 is 7.82 Å². The first kappa shape index (κ1) is 22.8. The van der Waals surface area contributed by atoms with Gasteiger partial charge in [0.2, 0.25) is 5.88 Å². The lowest BCUT2D eigenvalue weighted by Gasteiger charge is -2.27. The van der Waals surface area contributed by atoms with Gasteiger partial charge in [0.1, 0.15) is 19.2 Å². The molecule has 0 atom stereocenters. The second-order valence-electron chi connectivity index (χ2n) is 7.32. The number of pyridine rings is 1. The van der Waals surface area contributed by atoms with Crippen molar-refractivity contribution >= 4 is 13.7 Å². The van der Waals surface area contributed by atoms with Crippen LogP contribution < -0.4 is 10.2 Å². The van der Waals surface area contributed by atoms with Gasteiger partial charge in [0.15, 0.2) is 5.76 Å². The average molecular weight is 470 g/mol. The third kappa shape index (κ3) is 6.30. The van der Waals surface area contributed by atoms with Crippen molar-refractivity contribution in [3.63, 3.8) is 0 Å². The molecule has 0 saturated carbocycles. The molecule has 4 rings (SSSR count). The van der Waals surface area contributed by atoms with Crippen molar-refractivity contribution in [1.29, 1.82) is 5.41 Å². The quantitative estimate of drug-likeness (QED) is 0.429. The Morgan fingerprint density at radius 2 is 1.97 bits per heavy atom. The maximum absolute atomic E-state index is 10.9. The predicted molar refractivity (Wildman–Crippen MR) is 120 cm³/mol.